The molecule has 4 aliphatic heterocycles. The van der Waals surface area contributed by atoms with Crippen LogP contribution >= 0.6 is 0 Å². The molecule has 0 amide bonds. The molecule has 3 fully saturated rings. The van der Waals surface area contributed by atoms with Crippen molar-refractivity contribution in [3.8, 4) is 0 Å². The molecule has 4 heterocycles. The number of aliphatic hydroxyl groups excluding tert-OH is 2. The molecule has 0 aromatic heterocycles. The number of ketones is 1. The average molecular weight is 656 g/mol. The van der Waals surface area contributed by atoms with Crippen LogP contribution < -0.4 is 0 Å². The predicted molar refractivity (Wildman–Crippen MR) is 167 cm³/mol. The monoisotopic (exact) mass is 655 g/mol. The van der Waals surface area contributed by atoms with Gasteiger partial charge in [0, 0.05) is 31.9 Å². The largest absolute Gasteiger partial charge is 0.488 e. The molecule has 2 bridgehead atoms. The summed E-state index contributed by atoms with van der Waals surface area (Å²) in [6.07, 6.45) is -5.89. The third kappa shape index (κ3) is 7.19. The molecule has 0 aromatic carbocycles. The summed E-state index contributed by atoms with van der Waals surface area (Å²) in [7, 11) is 5.35. The molecule has 0 saturated carbocycles. The molecule has 3 saturated heterocycles. The van der Waals surface area contributed by atoms with Gasteiger partial charge in [0.2, 0.25) is 0 Å². The van der Waals surface area contributed by atoms with E-state index in [0.717, 1.165) is 5.57 Å². The third-order valence-corrected chi connectivity index (χ3v) is 10.7. The predicted octanol–water partition coefficient (Wildman–Crippen LogP) is 2.96. The number of hydrogen-bond donors (Lipinski definition) is 2. The maximum Gasteiger partial charge on any atom is 0.312 e. The lowest BCUT2D eigenvalue weighted by Crippen LogP contribution is -2.60. The normalized spacial score (nSPS) is 47.7. The highest BCUT2D eigenvalue weighted by Crippen LogP contribution is 2.46. The number of likely N-dealkylation sites (N-methyl/N-ethyl adjacent to an activating group) is 1. The zero-order chi connectivity index (χ0) is 34.5. The van der Waals surface area contributed by atoms with Crippen molar-refractivity contribution in [3.05, 3.63) is 11.3 Å². The van der Waals surface area contributed by atoms with Gasteiger partial charge in [0.25, 0.3) is 0 Å². The number of carbonyl (C=O) groups excluding carboxylic acids is 2. The first kappa shape index (κ1) is 37.2. The minimum absolute atomic E-state index is 0.189. The zero-order valence-electron chi connectivity index (χ0n) is 29.6. The Kier molecular flexibility index (Phi) is 11.4. The van der Waals surface area contributed by atoms with Crippen molar-refractivity contribution < 1.29 is 53.0 Å². The van der Waals surface area contributed by atoms with Crippen LogP contribution in [0.3, 0.4) is 0 Å². The Bertz CT molecular complexity index is 1150. The van der Waals surface area contributed by atoms with Crippen molar-refractivity contribution in [2.75, 3.05) is 21.2 Å². The van der Waals surface area contributed by atoms with Crippen molar-refractivity contribution in [2.24, 2.45) is 17.8 Å². The first-order valence-corrected chi connectivity index (χ1v) is 16.7. The number of carbonyl (C=O) groups is 2. The highest BCUT2D eigenvalue weighted by atomic mass is 16.7. The van der Waals surface area contributed by atoms with Gasteiger partial charge in [-0.2, -0.15) is 0 Å². The second kappa shape index (κ2) is 14.1. The number of esters is 1. The molecule has 12 nitrogen and oxygen atoms in total. The number of fused-ring (bicyclic) bond motifs is 2. The van der Waals surface area contributed by atoms with Crippen LogP contribution in [0, 0.1) is 17.8 Å². The van der Waals surface area contributed by atoms with Gasteiger partial charge in [-0.25, -0.2) is 0 Å². The van der Waals surface area contributed by atoms with E-state index in [2.05, 4.69) is 0 Å². The Morgan fingerprint density at radius 2 is 1.63 bits per heavy atom. The van der Waals surface area contributed by atoms with Crippen LogP contribution in [0.4, 0.5) is 0 Å². The molecule has 12 heteroatoms. The van der Waals surface area contributed by atoms with Gasteiger partial charge in [0.05, 0.1) is 35.7 Å². The standard InChI is InChI=1S/C34H57NO11/c1-16-14-34(9)30(45-32-26(37)23(35(10)11)13-17(2)41-32)19(4)28(44-24-15-33(8,40-12)29(38)22(7)42-24)20(5)31(39)43-21(6)25(36)18(3)27(16)46-34/h17-24,26,28-30,32,37-38H,13-15H2,1-12H3/t17?,18?,19?,20?,21?,22?,23?,24-,26?,28?,29?,30?,32-,33?,34?/m0/s1. The van der Waals surface area contributed by atoms with E-state index in [1.54, 1.807) is 34.6 Å². The van der Waals surface area contributed by atoms with E-state index in [4.69, 9.17) is 33.2 Å². The molecule has 13 unspecified atom stereocenters. The molecular weight excluding hydrogens is 598 g/mol. The van der Waals surface area contributed by atoms with E-state index >= 15 is 0 Å². The van der Waals surface area contributed by atoms with E-state index in [-0.39, 0.29) is 24.3 Å². The maximum absolute atomic E-state index is 13.7. The fraction of sp³-hybridized carbons (Fsp3) is 0.882. The maximum atomic E-state index is 13.7. The van der Waals surface area contributed by atoms with Gasteiger partial charge in [0.1, 0.15) is 29.7 Å². The van der Waals surface area contributed by atoms with Crippen LogP contribution in [0.5, 0.6) is 0 Å². The summed E-state index contributed by atoms with van der Waals surface area (Å²) in [6.45, 7) is 16.3. The van der Waals surface area contributed by atoms with Crippen LogP contribution in [-0.4, -0.2) is 121 Å². The molecule has 264 valence electrons. The number of cyclic esters (lactones) is 1. The summed E-state index contributed by atoms with van der Waals surface area (Å²) >= 11 is 0. The topological polar surface area (TPSA) is 142 Å². The molecule has 0 aromatic rings. The molecule has 2 N–H and O–H groups in total. The Morgan fingerprint density at radius 1 is 0.978 bits per heavy atom. The van der Waals surface area contributed by atoms with Crippen LogP contribution in [-0.2, 0) is 42.7 Å². The zero-order valence-corrected chi connectivity index (χ0v) is 29.6. The van der Waals surface area contributed by atoms with Gasteiger partial charge >= 0.3 is 5.97 Å². The van der Waals surface area contributed by atoms with E-state index in [0.29, 0.717) is 18.6 Å². The third-order valence-electron chi connectivity index (χ3n) is 10.7. The molecule has 4 rings (SSSR count). The number of nitrogens with zero attached hydrogens (tertiary/aromatic N) is 1. The first-order valence-electron chi connectivity index (χ1n) is 16.7. The number of rotatable bonds is 6. The van der Waals surface area contributed by atoms with Crippen molar-refractivity contribution in [2.45, 2.75) is 154 Å². The summed E-state index contributed by atoms with van der Waals surface area (Å²) in [6, 6.07) is -0.210. The minimum atomic E-state index is -1.00. The molecular formula is C34H57NO11. The lowest BCUT2D eigenvalue weighted by Gasteiger charge is -2.48. The number of allylic oxidation sites excluding steroid dienone is 1. The molecule has 4 aliphatic rings. The van der Waals surface area contributed by atoms with Crippen molar-refractivity contribution in [1.82, 2.24) is 4.90 Å². The van der Waals surface area contributed by atoms with Gasteiger partial charge in [-0.3, -0.25) is 9.59 Å². The van der Waals surface area contributed by atoms with Gasteiger partial charge < -0.3 is 48.3 Å². The van der Waals surface area contributed by atoms with Gasteiger partial charge in [-0.05, 0) is 81.5 Å². The van der Waals surface area contributed by atoms with E-state index < -0.39 is 84.1 Å². The van der Waals surface area contributed by atoms with Crippen LogP contribution in [0.25, 0.3) is 0 Å². The highest BCUT2D eigenvalue weighted by molar-refractivity contribution is 5.89. The summed E-state index contributed by atoms with van der Waals surface area (Å²) in [5.41, 5.74) is -1.07. The number of aliphatic hydroxyl groups is 2. The number of methoxy groups -OCH3 is 1. The van der Waals surface area contributed by atoms with E-state index in [1.807, 2.05) is 46.7 Å². The van der Waals surface area contributed by atoms with Crippen molar-refractivity contribution in [3.63, 3.8) is 0 Å². The summed E-state index contributed by atoms with van der Waals surface area (Å²) < 4.78 is 44.0. The van der Waals surface area contributed by atoms with E-state index in [1.165, 1.54) is 7.11 Å². The lowest BCUT2D eigenvalue weighted by molar-refractivity contribution is -0.317. The summed E-state index contributed by atoms with van der Waals surface area (Å²) in [5, 5.41) is 22.3. The van der Waals surface area contributed by atoms with Gasteiger partial charge in [-0.1, -0.05) is 6.92 Å². The Morgan fingerprint density at radius 3 is 2.24 bits per heavy atom. The van der Waals surface area contributed by atoms with Gasteiger partial charge in [-0.15, -0.1) is 0 Å². The van der Waals surface area contributed by atoms with Crippen LogP contribution in [0.15, 0.2) is 11.3 Å². The minimum Gasteiger partial charge on any atom is -0.488 e. The van der Waals surface area contributed by atoms with Gasteiger partial charge in [0.15, 0.2) is 24.5 Å². The Hall–Kier alpha value is -1.64. The quantitative estimate of drug-likeness (QED) is 0.406. The smallest absolute Gasteiger partial charge is 0.312 e. The Labute approximate surface area is 274 Å². The molecule has 15 atom stereocenters. The first-order chi connectivity index (χ1) is 21.3. The fourth-order valence-electron chi connectivity index (χ4n) is 7.82. The highest BCUT2D eigenvalue weighted by Gasteiger charge is 2.55. The second-order valence-corrected chi connectivity index (χ2v) is 14.8. The SMILES string of the molecule is COC1(C)C[C@H](OC2C(C)C(=O)OC(C)C(=O)C(C)C3=C(C)CC(C)(O3)C(O[C@@H]3OC(C)CC(N(C)C)C3O)C2C)OC(C)C1O. The number of Topliss-reactive ketones (excluding diaryl/α,β-unsaturated/α-hetero) is 1. The average Bonchev–Trinajstić information content (AvgIpc) is 3.30. The number of ether oxygens (including phenoxy) is 7. The molecule has 0 aliphatic carbocycles. The number of hydrogen-bond acceptors (Lipinski definition) is 12. The van der Waals surface area contributed by atoms with Crippen LogP contribution in [0.2, 0.25) is 0 Å². The lowest BCUT2D eigenvalue weighted by atomic mass is 9.79. The summed E-state index contributed by atoms with van der Waals surface area (Å²) in [5.74, 6) is -2.40. The molecule has 0 spiro atoms. The second-order valence-electron chi connectivity index (χ2n) is 14.8. The van der Waals surface area contributed by atoms with Crippen LogP contribution in [0.1, 0.15) is 81.6 Å². The van der Waals surface area contributed by atoms with E-state index in [9.17, 15) is 19.8 Å². The van der Waals surface area contributed by atoms with Crippen molar-refractivity contribution >= 4 is 11.8 Å². The Balaban J connectivity index is 1.78. The summed E-state index contributed by atoms with van der Waals surface area (Å²) in [4.78, 5) is 29.2. The van der Waals surface area contributed by atoms with Crippen molar-refractivity contribution in [1.29, 1.82) is 0 Å². The molecule has 46 heavy (non-hydrogen) atoms. The fourth-order valence-corrected chi connectivity index (χ4v) is 7.82. The molecule has 0 radical (unpaired) electrons.